The van der Waals surface area contributed by atoms with E-state index in [1.54, 1.807) is 18.3 Å². The van der Waals surface area contributed by atoms with E-state index in [1.807, 2.05) is 18.2 Å². The number of rotatable bonds is 5. The molecule has 4 nitrogen and oxygen atoms in total. The van der Waals surface area contributed by atoms with Gasteiger partial charge in [0.15, 0.2) is 10.4 Å². The van der Waals surface area contributed by atoms with Gasteiger partial charge < -0.3 is 14.1 Å². The van der Waals surface area contributed by atoms with Crippen LogP contribution in [-0.4, -0.2) is 17.4 Å². The number of hydrogen-bond acceptors (Lipinski definition) is 3. The van der Waals surface area contributed by atoms with Crippen molar-refractivity contribution in [3.8, 4) is 5.75 Å². The molecule has 21 heavy (non-hydrogen) atoms. The Morgan fingerprint density at radius 2 is 2.19 bits per heavy atom. The normalized spacial score (nSPS) is 11.0. The number of aromatic amines is 1. The van der Waals surface area contributed by atoms with Gasteiger partial charge in [-0.25, -0.2) is 0 Å². The first kappa shape index (κ1) is 13.9. The van der Waals surface area contributed by atoms with Gasteiger partial charge in [0.05, 0.1) is 12.2 Å². The number of halogens is 1. The molecule has 0 bridgehead atoms. The minimum Gasteiger partial charge on any atom is -0.494 e. The molecule has 0 fully saturated rings. The van der Waals surface area contributed by atoms with E-state index in [0.717, 1.165) is 23.1 Å². The van der Waals surface area contributed by atoms with Gasteiger partial charge in [-0.2, -0.15) is 0 Å². The summed E-state index contributed by atoms with van der Waals surface area (Å²) in [5, 5.41) is 0.834. The van der Waals surface area contributed by atoms with Crippen LogP contribution < -0.4 is 4.74 Å². The molecule has 3 rings (SSSR count). The number of fused-ring (bicyclic) bond motifs is 1. The SMILES string of the molecule is CCCOc1ccc2[nH]cc(C(=O)c3ccc(Br)o3)c2c1. The van der Waals surface area contributed by atoms with Gasteiger partial charge in [-0.3, -0.25) is 4.79 Å². The third-order valence-corrected chi connectivity index (χ3v) is 3.59. The number of nitrogens with one attached hydrogen (secondary N) is 1. The fourth-order valence-corrected chi connectivity index (χ4v) is 2.47. The summed E-state index contributed by atoms with van der Waals surface area (Å²) >= 11 is 3.21. The van der Waals surface area contributed by atoms with Crippen LogP contribution in [0.1, 0.15) is 29.5 Å². The Bertz CT molecular complexity index is 788. The predicted molar refractivity (Wildman–Crippen MR) is 83.9 cm³/mol. The van der Waals surface area contributed by atoms with Gasteiger partial charge in [-0.15, -0.1) is 0 Å². The summed E-state index contributed by atoms with van der Waals surface area (Å²) in [6.45, 7) is 2.71. The number of H-pyrrole nitrogens is 1. The van der Waals surface area contributed by atoms with Crippen LogP contribution in [0, 0.1) is 0 Å². The highest BCUT2D eigenvalue weighted by Gasteiger charge is 2.17. The van der Waals surface area contributed by atoms with E-state index in [9.17, 15) is 4.79 Å². The highest BCUT2D eigenvalue weighted by molar-refractivity contribution is 9.10. The summed E-state index contributed by atoms with van der Waals surface area (Å²) in [5.41, 5.74) is 1.47. The molecule has 1 aromatic carbocycles. The molecule has 0 radical (unpaired) electrons. The van der Waals surface area contributed by atoms with Crippen LogP contribution in [0.2, 0.25) is 0 Å². The van der Waals surface area contributed by atoms with Crippen molar-refractivity contribution < 1.29 is 13.9 Å². The number of carbonyl (C=O) groups is 1. The van der Waals surface area contributed by atoms with Crippen molar-refractivity contribution in [3.63, 3.8) is 0 Å². The van der Waals surface area contributed by atoms with Crippen LogP contribution in [0.5, 0.6) is 5.75 Å². The van der Waals surface area contributed by atoms with Gasteiger partial charge in [0.25, 0.3) is 0 Å². The van der Waals surface area contributed by atoms with E-state index >= 15 is 0 Å². The number of furan rings is 1. The number of carbonyl (C=O) groups excluding carboxylic acids is 1. The summed E-state index contributed by atoms with van der Waals surface area (Å²) < 4.78 is 11.5. The van der Waals surface area contributed by atoms with Crippen LogP contribution in [0.25, 0.3) is 10.9 Å². The lowest BCUT2D eigenvalue weighted by molar-refractivity contribution is 0.101. The van der Waals surface area contributed by atoms with Gasteiger partial charge in [0.2, 0.25) is 5.78 Å². The van der Waals surface area contributed by atoms with Crippen LogP contribution in [0.4, 0.5) is 0 Å². The molecule has 0 amide bonds. The van der Waals surface area contributed by atoms with Crippen molar-refractivity contribution in [2.75, 3.05) is 6.61 Å². The molecule has 0 unspecified atom stereocenters. The van der Waals surface area contributed by atoms with Gasteiger partial charge in [-0.1, -0.05) is 6.92 Å². The minimum atomic E-state index is -0.153. The van der Waals surface area contributed by atoms with Gasteiger partial charge in [0.1, 0.15) is 5.75 Å². The standard InChI is InChI=1S/C16H14BrNO3/c1-2-7-20-10-3-4-13-11(8-10)12(9-18-13)16(19)14-5-6-15(17)21-14/h3-6,8-9,18H,2,7H2,1H3. The molecular formula is C16H14BrNO3. The maximum atomic E-state index is 12.5. The van der Waals surface area contributed by atoms with Crippen LogP contribution in [0.3, 0.4) is 0 Å². The molecule has 108 valence electrons. The second kappa shape index (κ2) is 5.77. The Balaban J connectivity index is 2.00. The molecular weight excluding hydrogens is 334 g/mol. The average Bonchev–Trinajstić information content (AvgIpc) is 3.10. The molecule has 3 aromatic rings. The number of ether oxygens (including phenoxy) is 1. The summed E-state index contributed by atoms with van der Waals surface area (Å²) in [6.07, 6.45) is 2.64. The zero-order valence-corrected chi connectivity index (χ0v) is 13.1. The van der Waals surface area contributed by atoms with Crippen molar-refractivity contribution in [1.29, 1.82) is 0 Å². The largest absolute Gasteiger partial charge is 0.494 e. The van der Waals surface area contributed by atoms with E-state index in [-0.39, 0.29) is 5.78 Å². The Hall–Kier alpha value is -2.01. The van der Waals surface area contributed by atoms with Crippen LogP contribution >= 0.6 is 15.9 Å². The van der Waals surface area contributed by atoms with E-state index in [4.69, 9.17) is 9.15 Å². The van der Waals surface area contributed by atoms with E-state index in [2.05, 4.69) is 27.8 Å². The molecule has 2 aromatic heterocycles. The zero-order valence-electron chi connectivity index (χ0n) is 11.5. The minimum absolute atomic E-state index is 0.153. The monoisotopic (exact) mass is 347 g/mol. The lowest BCUT2D eigenvalue weighted by atomic mass is 10.1. The zero-order chi connectivity index (χ0) is 14.8. The highest BCUT2D eigenvalue weighted by Crippen LogP contribution is 2.26. The predicted octanol–water partition coefficient (Wildman–Crippen LogP) is 4.54. The van der Waals surface area contributed by atoms with E-state index < -0.39 is 0 Å². The lowest BCUT2D eigenvalue weighted by Crippen LogP contribution is -1.99. The molecule has 0 spiro atoms. The molecule has 0 atom stereocenters. The quantitative estimate of drug-likeness (QED) is 0.689. The second-order valence-corrected chi connectivity index (χ2v) is 5.47. The average molecular weight is 348 g/mol. The summed E-state index contributed by atoms with van der Waals surface area (Å²) in [4.78, 5) is 15.6. The molecule has 5 heteroatoms. The topological polar surface area (TPSA) is 55.2 Å². The Kier molecular flexibility index (Phi) is 3.84. The molecule has 1 N–H and O–H groups in total. The van der Waals surface area contributed by atoms with Crippen molar-refractivity contribution in [3.05, 3.63) is 52.5 Å². The van der Waals surface area contributed by atoms with Crippen molar-refractivity contribution >= 4 is 32.6 Å². The lowest BCUT2D eigenvalue weighted by Gasteiger charge is -2.04. The maximum Gasteiger partial charge on any atom is 0.230 e. The fourth-order valence-electron chi connectivity index (χ4n) is 2.17. The number of hydrogen-bond donors (Lipinski definition) is 1. The number of aromatic nitrogens is 1. The Morgan fingerprint density at radius 1 is 1.33 bits per heavy atom. The molecule has 0 saturated carbocycles. The Labute approximate surface area is 130 Å². The maximum absolute atomic E-state index is 12.5. The summed E-state index contributed by atoms with van der Waals surface area (Å²) in [6, 6.07) is 9.05. The van der Waals surface area contributed by atoms with E-state index in [0.29, 0.717) is 22.6 Å². The van der Waals surface area contributed by atoms with Crippen LogP contribution in [-0.2, 0) is 0 Å². The molecule has 0 saturated heterocycles. The first-order valence-electron chi connectivity index (χ1n) is 6.73. The Morgan fingerprint density at radius 3 is 2.90 bits per heavy atom. The van der Waals surface area contributed by atoms with Crippen LogP contribution in [0.15, 0.2) is 45.6 Å². The fraction of sp³-hybridized carbons (Fsp3) is 0.188. The summed E-state index contributed by atoms with van der Waals surface area (Å²) in [5.74, 6) is 0.917. The number of benzene rings is 1. The molecule has 2 heterocycles. The van der Waals surface area contributed by atoms with Crippen molar-refractivity contribution in [2.45, 2.75) is 13.3 Å². The molecule has 0 aliphatic rings. The third-order valence-electron chi connectivity index (χ3n) is 3.17. The van der Waals surface area contributed by atoms with Crippen molar-refractivity contribution in [2.24, 2.45) is 0 Å². The van der Waals surface area contributed by atoms with Crippen molar-refractivity contribution in [1.82, 2.24) is 4.98 Å². The van der Waals surface area contributed by atoms with Gasteiger partial charge >= 0.3 is 0 Å². The van der Waals surface area contributed by atoms with Gasteiger partial charge in [0, 0.05) is 17.1 Å². The second-order valence-electron chi connectivity index (χ2n) is 4.69. The first-order chi connectivity index (χ1) is 10.2. The summed E-state index contributed by atoms with van der Waals surface area (Å²) in [7, 11) is 0. The third kappa shape index (κ3) is 2.74. The molecule has 0 aliphatic heterocycles. The van der Waals surface area contributed by atoms with E-state index in [1.165, 1.54) is 0 Å². The molecule has 0 aliphatic carbocycles. The smallest absolute Gasteiger partial charge is 0.230 e. The first-order valence-corrected chi connectivity index (χ1v) is 7.52. The van der Waals surface area contributed by atoms with Gasteiger partial charge in [-0.05, 0) is 52.7 Å². The number of ketones is 1. The highest BCUT2D eigenvalue weighted by atomic mass is 79.9.